The lowest BCUT2D eigenvalue weighted by Gasteiger charge is -2.06. The summed E-state index contributed by atoms with van der Waals surface area (Å²) < 4.78 is 37.7. The average molecular weight is 270 g/mol. The van der Waals surface area contributed by atoms with Gasteiger partial charge >= 0.3 is 5.97 Å². The second-order valence-corrected chi connectivity index (χ2v) is 3.14. The molecule has 0 spiro atoms. The summed E-state index contributed by atoms with van der Waals surface area (Å²) in [4.78, 5) is 10.4. The van der Waals surface area contributed by atoms with Crippen LogP contribution in [0.5, 0.6) is 0 Å². The minimum absolute atomic E-state index is 0.887. The highest BCUT2D eigenvalue weighted by atomic mass is 79.9. The van der Waals surface area contributed by atoms with Gasteiger partial charge in [-0.05, 0) is 15.9 Å². The van der Waals surface area contributed by atoms with Gasteiger partial charge in [-0.2, -0.15) is 0 Å². The highest BCUT2D eigenvalue weighted by Crippen LogP contribution is 2.30. The van der Waals surface area contributed by atoms with Gasteiger partial charge in [0, 0.05) is 0 Å². The molecule has 0 saturated heterocycles. The zero-order chi connectivity index (χ0) is 11.0. The Labute approximate surface area is 84.5 Å². The van der Waals surface area contributed by atoms with Crippen LogP contribution >= 0.6 is 15.9 Å². The van der Waals surface area contributed by atoms with E-state index in [0.29, 0.717) is 0 Å². The highest BCUT2D eigenvalue weighted by molar-refractivity contribution is 9.10. The first-order chi connectivity index (χ1) is 6.37. The topological polar surface area (TPSA) is 63.3 Å². The van der Waals surface area contributed by atoms with E-state index in [0.717, 1.165) is 0 Å². The number of carboxylic acids is 1. The fraction of sp³-hybridized carbons (Fsp3) is 0. The predicted octanol–water partition coefficient (Wildman–Crippen LogP) is 2.15. The van der Waals surface area contributed by atoms with Crippen molar-refractivity contribution in [3.63, 3.8) is 0 Å². The van der Waals surface area contributed by atoms with Gasteiger partial charge in [-0.3, -0.25) is 0 Å². The maximum Gasteiger partial charge on any atom is 0.340 e. The number of aromatic carboxylic acids is 1. The van der Waals surface area contributed by atoms with Crippen molar-refractivity contribution in [2.24, 2.45) is 0 Å². The van der Waals surface area contributed by atoms with E-state index < -0.39 is 39.1 Å². The molecule has 0 aliphatic rings. The summed E-state index contributed by atoms with van der Waals surface area (Å²) in [6.07, 6.45) is 0. The zero-order valence-corrected chi connectivity index (χ0v) is 8.03. The van der Waals surface area contributed by atoms with Crippen LogP contribution in [0.3, 0.4) is 0 Å². The summed E-state index contributed by atoms with van der Waals surface area (Å²) in [6.45, 7) is 0. The number of carbonyl (C=O) groups is 1. The molecule has 0 unspecified atom stereocenters. The van der Waals surface area contributed by atoms with Gasteiger partial charge < -0.3 is 10.8 Å². The molecule has 0 saturated carbocycles. The second-order valence-electron chi connectivity index (χ2n) is 2.35. The normalized spacial score (nSPS) is 10.3. The van der Waals surface area contributed by atoms with Crippen LogP contribution in [0.15, 0.2) is 4.47 Å². The molecule has 0 aliphatic carbocycles. The number of carboxylic acid groups (broad SMARTS) is 1. The van der Waals surface area contributed by atoms with Crippen molar-refractivity contribution in [2.75, 3.05) is 5.73 Å². The molecule has 0 radical (unpaired) electrons. The molecule has 0 aromatic heterocycles. The Morgan fingerprint density at radius 3 is 2.14 bits per heavy atom. The van der Waals surface area contributed by atoms with E-state index in [-0.39, 0.29) is 0 Å². The molecule has 1 rings (SSSR count). The van der Waals surface area contributed by atoms with Crippen LogP contribution in [0, 0.1) is 17.5 Å². The molecule has 0 fully saturated rings. The summed E-state index contributed by atoms with van der Waals surface area (Å²) in [5.41, 5.74) is 2.75. The molecule has 3 N–H and O–H groups in total. The monoisotopic (exact) mass is 269 g/mol. The van der Waals surface area contributed by atoms with Crippen molar-refractivity contribution in [1.29, 1.82) is 0 Å². The van der Waals surface area contributed by atoms with Crippen molar-refractivity contribution >= 4 is 27.6 Å². The van der Waals surface area contributed by atoms with E-state index in [9.17, 15) is 18.0 Å². The summed E-state index contributed by atoms with van der Waals surface area (Å²) in [7, 11) is 0. The number of hydrogen-bond donors (Lipinski definition) is 2. The number of nitrogen functional groups attached to an aromatic ring is 1. The molecule has 0 aliphatic heterocycles. The average Bonchev–Trinajstić information content (AvgIpc) is 2.11. The molecule has 76 valence electrons. The van der Waals surface area contributed by atoms with Crippen molar-refractivity contribution in [1.82, 2.24) is 0 Å². The molecule has 7 heteroatoms. The first-order valence-corrected chi connectivity index (χ1v) is 4.02. The molecule has 0 bridgehead atoms. The van der Waals surface area contributed by atoms with Crippen LogP contribution in [-0.4, -0.2) is 11.1 Å². The van der Waals surface area contributed by atoms with Crippen LogP contribution in [0.25, 0.3) is 0 Å². The molecule has 1 aromatic rings. The van der Waals surface area contributed by atoms with Crippen molar-refractivity contribution in [2.45, 2.75) is 0 Å². The molecule has 0 amide bonds. The number of benzene rings is 1. The summed E-state index contributed by atoms with van der Waals surface area (Å²) in [5.74, 6) is -6.34. The van der Waals surface area contributed by atoms with Gasteiger partial charge in [-0.25, -0.2) is 18.0 Å². The van der Waals surface area contributed by atoms with Gasteiger partial charge in [-0.15, -0.1) is 0 Å². The van der Waals surface area contributed by atoms with E-state index in [4.69, 9.17) is 10.8 Å². The van der Waals surface area contributed by atoms with Crippen molar-refractivity contribution in [3.8, 4) is 0 Å². The third-order valence-electron chi connectivity index (χ3n) is 1.52. The van der Waals surface area contributed by atoms with E-state index >= 15 is 0 Å². The molecular weight excluding hydrogens is 267 g/mol. The quantitative estimate of drug-likeness (QED) is 0.467. The van der Waals surface area contributed by atoms with E-state index in [2.05, 4.69) is 15.9 Å². The number of hydrogen-bond acceptors (Lipinski definition) is 2. The first kappa shape index (κ1) is 10.8. The van der Waals surface area contributed by atoms with Gasteiger partial charge in [0.2, 0.25) is 0 Å². The maximum atomic E-state index is 13.0. The minimum atomic E-state index is -1.76. The summed E-state index contributed by atoms with van der Waals surface area (Å²) in [5, 5.41) is 8.46. The Hall–Kier alpha value is -1.24. The predicted molar refractivity (Wildman–Crippen MR) is 45.4 cm³/mol. The second kappa shape index (κ2) is 3.49. The molecule has 1 aromatic carbocycles. The maximum absolute atomic E-state index is 13.0. The van der Waals surface area contributed by atoms with Crippen LogP contribution in [0.2, 0.25) is 0 Å². The molecule has 14 heavy (non-hydrogen) atoms. The zero-order valence-electron chi connectivity index (χ0n) is 6.44. The minimum Gasteiger partial charge on any atom is -0.478 e. The molecule has 3 nitrogen and oxygen atoms in total. The van der Waals surface area contributed by atoms with E-state index in [1.54, 1.807) is 0 Å². The Balaban J connectivity index is 3.68. The molecule has 0 atom stereocenters. The van der Waals surface area contributed by atoms with Gasteiger partial charge in [0.15, 0.2) is 17.5 Å². The van der Waals surface area contributed by atoms with Crippen LogP contribution in [0.1, 0.15) is 10.4 Å². The Kier molecular flexibility index (Phi) is 2.70. The number of anilines is 1. The Bertz CT molecular complexity index is 393. The summed E-state index contributed by atoms with van der Waals surface area (Å²) in [6, 6.07) is 0. The standard InChI is InChI=1S/C7H3BrF3NO2/c8-2-3(9)1(7(13)14)6(12)5(11)4(2)10/h12H2,(H,13,14). The number of nitrogens with two attached hydrogens (primary N) is 1. The smallest absolute Gasteiger partial charge is 0.340 e. The third-order valence-corrected chi connectivity index (χ3v) is 2.21. The fourth-order valence-corrected chi connectivity index (χ4v) is 1.23. The van der Waals surface area contributed by atoms with E-state index in [1.165, 1.54) is 0 Å². The molecular formula is C7H3BrF3NO2. The van der Waals surface area contributed by atoms with Crippen LogP contribution in [-0.2, 0) is 0 Å². The lowest BCUT2D eigenvalue weighted by atomic mass is 10.1. The third kappa shape index (κ3) is 1.43. The van der Waals surface area contributed by atoms with E-state index in [1.807, 2.05) is 0 Å². The summed E-state index contributed by atoms with van der Waals surface area (Å²) >= 11 is 2.37. The number of rotatable bonds is 1. The van der Waals surface area contributed by atoms with Gasteiger partial charge in [0.25, 0.3) is 0 Å². The Morgan fingerprint density at radius 1 is 1.21 bits per heavy atom. The fourth-order valence-electron chi connectivity index (χ4n) is 0.858. The van der Waals surface area contributed by atoms with Crippen LogP contribution in [0.4, 0.5) is 18.9 Å². The van der Waals surface area contributed by atoms with Gasteiger partial charge in [-0.1, -0.05) is 0 Å². The highest BCUT2D eigenvalue weighted by Gasteiger charge is 2.25. The van der Waals surface area contributed by atoms with Crippen LogP contribution < -0.4 is 5.73 Å². The Morgan fingerprint density at radius 2 is 1.71 bits per heavy atom. The SMILES string of the molecule is Nc1c(F)c(F)c(Br)c(F)c1C(=O)O. The lowest BCUT2D eigenvalue weighted by Crippen LogP contribution is -2.10. The molecule has 0 heterocycles. The first-order valence-electron chi connectivity index (χ1n) is 3.22. The number of halogens is 4. The van der Waals surface area contributed by atoms with Crippen molar-refractivity contribution in [3.05, 3.63) is 27.5 Å². The largest absolute Gasteiger partial charge is 0.478 e. The van der Waals surface area contributed by atoms with Crippen molar-refractivity contribution < 1.29 is 23.1 Å². The van der Waals surface area contributed by atoms with Gasteiger partial charge in [0.05, 0.1) is 10.2 Å². The van der Waals surface area contributed by atoms with Gasteiger partial charge in [0.1, 0.15) is 5.56 Å². The lowest BCUT2D eigenvalue weighted by molar-refractivity contribution is 0.0692.